The van der Waals surface area contributed by atoms with Gasteiger partial charge in [0, 0.05) is 19.1 Å². The standard InChI is InChI=1S/C10H16N2O3/c13-9(14)6-8(7-2-3-7)12-5-1-4-11-10(12)15/h7-8H,1-6H2,(H,11,15)(H,13,14). The Morgan fingerprint density at radius 1 is 1.60 bits per heavy atom. The summed E-state index contributed by atoms with van der Waals surface area (Å²) in [4.78, 5) is 24.0. The molecule has 2 aliphatic rings. The van der Waals surface area contributed by atoms with Crippen molar-refractivity contribution in [1.82, 2.24) is 10.2 Å². The minimum atomic E-state index is -0.815. The van der Waals surface area contributed by atoms with E-state index in [-0.39, 0.29) is 18.5 Å². The number of carbonyl (C=O) groups excluding carboxylic acids is 1. The highest BCUT2D eigenvalue weighted by molar-refractivity contribution is 5.76. The summed E-state index contributed by atoms with van der Waals surface area (Å²) >= 11 is 0. The fourth-order valence-electron chi connectivity index (χ4n) is 2.16. The summed E-state index contributed by atoms with van der Waals surface area (Å²) in [6.07, 6.45) is 3.11. The molecule has 1 atom stereocenters. The Bertz CT molecular complexity index is 276. The number of hydrogen-bond acceptors (Lipinski definition) is 2. The summed E-state index contributed by atoms with van der Waals surface area (Å²) in [7, 11) is 0. The maximum atomic E-state index is 11.6. The van der Waals surface area contributed by atoms with Crippen LogP contribution in [-0.4, -0.2) is 41.1 Å². The zero-order valence-corrected chi connectivity index (χ0v) is 8.61. The van der Waals surface area contributed by atoms with Gasteiger partial charge in [-0.15, -0.1) is 0 Å². The molecule has 1 saturated heterocycles. The van der Waals surface area contributed by atoms with Crippen LogP contribution in [0, 0.1) is 5.92 Å². The second-order valence-corrected chi connectivity index (χ2v) is 4.28. The molecule has 5 heteroatoms. The molecule has 2 rings (SSSR count). The van der Waals surface area contributed by atoms with Gasteiger partial charge in [0.2, 0.25) is 0 Å². The normalized spacial score (nSPS) is 23.5. The number of urea groups is 1. The number of carboxylic acids is 1. The van der Waals surface area contributed by atoms with Crippen LogP contribution in [0.3, 0.4) is 0 Å². The van der Waals surface area contributed by atoms with Crippen molar-refractivity contribution in [1.29, 1.82) is 0 Å². The number of nitrogens with zero attached hydrogens (tertiary/aromatic N) is 1. The Balaban J connectivity index is 2.01. The van der Waals surface area contributed by atoms with E-state index in [1.807, 2.05) is 0 Å². The summed E-state index contributed by atoms with van der Waals surface area (Å²) in [6, 6.07) is -0.192. The first-order valence-corrected chi connectivity index (χ1v) is 5.45. The molecule has 1 heterocycles. The van der Waals surface area contributed by atoms with Gasteiger partial charge >= 0.3 is 12.0 Å². The molecule has 15 heavy (non-hydrogen) atoms. The number of aliphatic carboxylic acids is 1. The molecule has 2 fully saturated rings. The van der Waals surface area contributed by atoms with E-state index < -0.39 is 5.97 Å². The lowest BCUT2D eigenvalue weighted by Crippen LogP contribution is -2.52. The summed E-state index contributed by atoms with van der Waals surface area (Å²) in [5.41, 5.74) is 0. The highest BCUT2D eigenvalue weighted by Gasteiger charge is 2.39. The fourth-order valence-corrected chi connectivity index (χ4v) is 2.16. The van der Waals surface area contributed by atoms with Crippen LogP contribution in [0.2, 0.25) is 0 Å². The Morgan fingerprint density at radius 2 is 2.33 bits per heavy atom. The second-order valence-electron chi connectivity index (χ2n) is 4.28. The van der Waals surface area contributed by atoms with Gasteiger partial charge in [-0.25, -0.2) is 4.79 Å². The number of carboxylic acid groups (broad SMARTS) is 1. The summed E-state index contributed by atoms with van der Waals surface area (Å²) in [5, 5.41) is 11.6. The lowest BCUT2D eigenvalue weighted by Gasteiger charge is -2.34. The molecule has 0 aromatic heterocycles. The lowest BCUT2D eigenvalue weighted by molar-refractivity contribution is -0.138. The van der Waals surface area contributed by atoms with Gasteiger partial charge in [0.05, 0.1) is 6.42 Å². The molecule has 1 aliphatic carbocycles. The van der Waals surface area contributed by atoms with Crippen LogP contribution < -0.4 is 5.32 Å². The van der Waals surface area contributed by atoms with E-state index in [0.29, 0.717) is 19.0 Å². The molecule has 2 amide bonds. The van der Waals surface area contributed by atoms with Gasteiger partial charge in [-0.05, 0) is 25.2 Å². The van der Waals surface area contributed by atoms with E-state index in [4.69, 9.17) is 5.11 Å². The molecular weight excluding hydrogens is 196 g/mol. The van der Waals surface area contributed by atoms with Crippen molar-refractivity contribution in [3.63, 3.8) is 0 Å². The van der Waals surface area contributed by atoms with Gasteiger partial charge in [0.25, 0.3) is 0 Å². The predicted molar refractivity (Wildman–Crippen MR) is 53.5 cm³/mol. The molecule has 5 nitrogen and oxygen atoms in total. The quantitative estimate of drug-likeness (QED) is 0.719. The van der Waals surface area contributed by atoms with E-state index in [2.05, 4.69) is 5.32 Å². The van der Waals surface area contributed by atoms with Crippen molar-refractivity contribution in [2.24, 2.45) is 5.92 Å². The maximum absolute atomic E-state index is 11.6. The van der Waals surface area contributed by atoms with Crippen molar-refractivity contribution < 1.29 is 14.7 Å². The number of nitrogens with one attached hydrogen (secondary N) is 1. The molecule has 1 saturated carbocycles. The first-order chi connectivity index (χ1) is 7.18. The number of hydrogen-bond donors (Lipinski definition) is 2. The summed E-state index contributed by atoms with van der Waals surface area (Å²) in [5.74, 6) is -0.407. The Labute approximate surface area is 88.4 Å². The van der Waals surface area contributed by atoms with Gasteiger partial charge in [-0.3, -0.25) is 4.79 Å². The van der Waals surface area contributed by atoms with Crippen molar-refractivity contribution >= 4 is 12.0 Å². The molecule has 2 N–H and O–H groups in total. The van der Waals surface area contributed by atoms with Gasteiger partial charge in [0.1, 0.15) is 0 Å². The molecule has 84 valence electrons. The second kappa shape index (κ2) is 4.08. The van der Waals surface area contributed by atoms with Crippen LogP contribution in [-0.2, 0) is 4.79 Å². The average molecular weight is 212 g/mol. The number of carbonyl (C=O) groups is 2. The van der Waals surface area contributed by atoms with Crippen molar-refractivity contribution in [2.75, 3.05) is 13.1 Å². The molecule has 1 aliphatic heterocycles. The van der Waals surface area contributed by atoms with Crippen LogP contribution >= 0.6 is 0 Å². The molecular formula is C10H16N2O3. The molecule has 1 unspecified atom stereocenters. The van der Waals surface area contributed by atoms with E-state index >= 15 is 0 Å². The van der Waals surface area contributed by atoms with Crippen LogP contribution in [0.15, 0.2) is 0 Å². The van der Waals surface area contributed by atoms with Gasteiger partial charge < -0.3 is 15.3 Å². The summed E-state index contributed by atoms with van der Waals surface area (Å²) < 4.78 is 0. The van der Waals surface area contributed by atoms with Crippen molar-refractivity contribution in [3.8, 4) is 0 Å². The third-order valence-corrected chi connectivity index (χ3v) is 3.06. The van der Waals surface area contributed by atoms with Gasteiger partial charge in [-0.2, -0.15) is 0 Å². The summed E-state index contributed by atoms with van der Waals surface area (Å²) in [6.45, 7) is 1.40. The Hall–Kier alpha value is -1.26. The molecule has 0 bridgehead atoms. The third-order valence-electron chi connectivity index (χ3n) is 3.06. The van der Waals surface area contributed by atoms with Crippen LogP contribution in [0.25, 0.3) is 0 Å². The largest absolute Gasteiger partial charge is 0.481 e. The minimum absolute atomic E-state index is 0.0814. The third kappa shape index (κ3) is 2.40. The number of amides is 2. The first-order valence-electron chi connectivity index (χ1n) is 5.45. The van der Waals surface area contributed by atoms with E-state index in [1.54, 1.807) is 4.90 Å². The van der Waals surface area contributed by atoms with Crippen LogP contribution in [0.5, 0.6) is 0 Å². The fraction of sp³-hybridized carbons (Fsp3) is 0.800. The predicted octanol–water partition coefficient (Wildman–Crippen LogP) is 0.655. The van der Waals surface area contributed by atoms with Gasteiger partial charge in [-0.1, -0.05) is 0 Å². The molecule has 0 aromatic rings. The van der Waals surface area contributed by atoms with E-state index in [1.165, 1.54) is 0 Å². The smallest absolute Gasteiger partial charge is 0.317 e. The van der Waals surface area contributed by atoms with Crippen LogP contribution in [0.1, 0.15) is 25.7 Å². The monoisotopic (exact) mass is 212 g/mol. The average Bonchev–Trinajstić information content (AvgIpc) is 2.98. The molecule has 0 aromatic carbocycles. The van der Waals surface area contributed by atoms with E-state index in [9.17, 15) is 9.59 Å². The zero-order chi connectivity index (χ0) is 10.8. The Morgan fingerprint density at radius 3 is 2.87 bits per heavy atom. The first kappa shape index (κ1) is 10.3. The highest BCUT2D eigenvalue weighted by atomic mass is 16.4. The highest BCUT2D eigenvalue weighted by Crippen LogP contribution is 2.37. The maximum Gasteiger partial charge on any atom is 0.317 e. The van der Waals surface area contributed by atoms with E-state index in [0.717, 1.165) is 19.3 Å². The molecule has 0 radical (unpaired) electrons. The SMILES string of the molecule is O=C(O)CC(C1CC1)N1CCCNC1=O. The lowest BCUT2D eigenvalue weighted by atomic mass is 10.1. The van der Waals surface area contributed by atoms with Crippen molar-refractivity contribution in [2.45, 2.75) is 31.7 Å². The minimum Gasteiger partial charge on any atom is -0.481 e. The zero-order valence-electron chi connectivity index (χ0n) is 8.61. The van der Waals surface area contributed by atoms with Gasteiger partial charge in [0.15, 0.2) is 0 Å². The van der Waals surface area contributed by atoms with Crippen LogP contribution in [0.4, 0.5) is 4.79 Å². The molecule has 0 spiro atoms. The van der Waals surface area contributed by atoms with Crippen molar-refractivity contribution in [3.05, 3.63) is 0 Å². The Kier molecular flexibility index (Phi) is 2.79. The number of rotatable bonds is 4. The topological polar surface area (TPSA) is 69.6 Å².